The summed E-state index contributed by atoms with van der Waals surface area (Å²) in [5, 5.41) is 17.3. The normalized spacial score (nSPS) is 18.8. The fourth-order valence-corrected chi connectivity index (χ4v) is 2.08. The van der Waals surface area contributed by atoms with Gasteiger partial charge in [0.15, 0.2) is 0 Å². The third kappa shape index (κ3) is 3.58. The standard InChI is InChI=1S/C14H23N3O3/c1-13(2,3)17-9-11(8-16-17)12(18)15-10-14(19)4-6-20-7-5-14/h8-9,19H,4-7,10H2,1-3H3,(H,15,18). The van der Waals surface area contributed by atoms with Crippen molar-refractivity contribution >= 4 is 5.91 Å². The van der Waals surface area contributed by atoms with Crippen LogP contribution in [0.2, 0.25) is 0 Å². The molecule has 6 heteroatoms. The van der Waals surface area contributed by atoms with E-state index in [2.05, 4.69) is 10.4 Å². The number of ether oxygens (including phenoxy) is 1. The van der Waals surface area contributed by atoms with Gasteiger partial charge in [0.25, 0.3) is 5.91 Å². The molecule has 2 heterocycles. The highest BCUT2D eigenvalue weighted by Gasteiger charge is 2.30. The Balaban J connectivity index is 1.93. The molecule has 1 aliphatic rings. The monoisotopic (exact) mass is 281 g/mol. The lowest BCUT2D eigenvalue weighted by Gasteiger charge is -2.31. The fraction of sp³-hybridized carbons (Fsp3) is 0.714. The lowest BCUT2D eigenvalue weighted by atomic mass is 9.94. The van der Waals surface area contributed by atoms with Crippen LogP contribution in [-0.4, -0.2) is 46.2 Å². The Morgan fingerprint density at radius 2 is 2.15 bits per heavy atom. The number of amides is 1. The van der Waals surface area contributed by atoms with Crippen LogP contribution < -0.4 is 5.32 Å². The fourth-order valence-electron chi connectivity index (χ4n) is 2.08. The molecule has 0 aromatic carbocycles. The average molecular weight is 281 g/mol. The van der Waals surface area contributed by atoms with Crippen molar-refractivity contribution in [2.24, 2.45) is 0 Å². The first-order chi connectivity index (χ1) is 9.30. The van der Waals surface area contributed by atoms with Crippen LogP contribution in [0.3, 0.4) is 0 Å². The van der Waals surface area contributed by atoms with Crippen molar-refractivity contribution in [2.75, 3.05) is 19.8 Å². The number of aromatic nitrogens is 2. The van der Waals surface area contributed by atoms with Gasteiger partial charge in [-0.15, -0.1) is 0 Å². The molecule has 1 aliphatic heterocycles. The number of nitrogens with zero attached hydrogens (tertiary/aromatic N) is 2. The summed E-state index contributed by atoms with van der Waals surface area (Å²) in [7, 11) is 0. The van der Waals surface area contributed by atoms with E-state index >= 15 is 0 Å². The minimum absolute atomic E-state index is 0.155. The summed E-state index contributed by atoms with van der Waals surface area (Å²) in [4.78, 5) is 12.1. The maximum atomic E-state index is 12.1. The van der Waals surface area contributed by atoms with Gasteiger partial charge in [-0.05, 0) is 20.8 Å². The predicted octanol–water partition coefficient (Wildman–Crippen LogP) is 0.909. The van der Waals surface area contributed by atoms with Gasteiger partial charge in [-0.1, -0.05) is 0 Å². The van der Waals surface area contributed by atoms with Crippen molar-refractivity contribution in [1.29, 1.82) is 0 Å². The first-order valence-corrected chi connectivity index (χ1v) is 6.94. The summed E-state index contributed by atoms with van der Waals surface area (Å²) in [5.41, 5.74) is -0.499. The van der Waals surface area contributed by atoms with Crippen LogP contribution in [-0.2, 0) is 10.3 Å². The summed E-state index contributed by atoms with van der Waals surface area (Å²) in [6, 6.07) is 0. The maximum absolute atomic E-state index is 12.1. The molecule has 0 saturated carbocycles. The van der Waals surface area contributed by atoms with Crippen LogP contribution in [0.25, 0.3) is 0 Å². The smallest absolute Gasteiger partial charge is 0.254 e. The van der Waals surface area contributed by atoms with Gasteiger partial charge in [0, 0.05) is 38.8 Å². The molecular weight excluding hydrogens is 258 g/mol. The van der Waals surface area contributed by atoms with Crippen molar-refractivity contribution in [3.8, 4) is 0 Å². The van der Waals surface area contributed by atoms with Crippen molar-refractivity contribution in [1.82, 2.24) is 15.1 Å². The molecule has 1 aromatic heterocycles. The Labute approximate surface area is 119 Å². The lowest BCUT2D eigenvalue weighted by molar-refractivity contribution is -0.0605. The molecule has 1 aromatic rings. The van der Waals surface area contributed by atoms with E-state index in [9.17, 15) is 9.90 Å². The van der Waals surface area contributed by atoms with Gasteiger partial charge in [0.1, 0.15) is 0 Å². The molecule has 0 unspecified atom stereocenters. The molecule has 0 radical (unpaired) electrons. The summed E-state index contributed by atoms with van der Waals surface area (Å²) < 4.78 is 6.97. The number of hydrogen-bond acceptors (Lipinski definition) is 4. The van der Waals surface area contributed by atoms with Crippen LogP contribution in [0.15, 0.2) is 12.4 Å². The summed E-state index contributed by atoms with van der Waals surface area (Å²) in [6.45, 7) is 7.38. The zero-order valence-electron chi connectivity index (χ0n) is 12.3. The van der Waals surface area contributed by atoms with Gasteiger partial charge in [-0.3, -0.25) is 9.48 Å². The van der Waals surface area contributed by atoms with Gasteiger partial charge in [-0.2, -0.15) is 5.10 Å². The topological polar surface area (TPSA) is 76.4 Å². The zero-order chi connectivity index (χ0) is 14.8. The quantitative estimate of drug-likeness (QED) is 0.863. The van der Waals surface area contributed by atoms with Crippen LogP contribution in [0.1, 0.15) is 44.0 Å². The van der Waals surface area contributed by atoms with E-state index in [4.69, 9.17) is 4.74 Å². The van der Waals surface area contributed by atoms with E-state index in [1.807, 2.05) is 20.8 Å². The molecule has 20 heavy (non-hydrogen) atoms. The molecule has 6 nitrogen and oxygen atoms in total. The average Bonchev–Trinajstić information content (AvgIpc) is 2.86. The highest BCUT2D eigenvalue weighted by atomic mass is 16.5. The number of carbonyl (C=O) groups is 1. The van der Waals surface area contributed by atoms with Gasteiger partial charge in [0.2, 0.25) is 0 Å². The predicted molar refractivity (Wildman–Crippen MR) is 74.6 cm³/mol. The minimum atomic E-state index is -0.853. The SMILES string of the molecule is CC(C)(C)n1cc(C(=O)NCC2(O)CCOCC2)cn1. The number of nitrogens with one attached hydrogen (secondary N) is 1. The Bertz CT molecular complexity index is 470. The van der Waals surface area contributed by atoms with E-state index in [1.54, 1.807) is 17.1 Å². The third-order valence-electron chi connectivity index (χ3n) is 3.53. The van der Waals surface area contributed by atoms with E-state index in [0.717, 1.165) is 0 Å². The molecule has 1 amide bonds. The Kier molecular flexibility index (Phi) is 4.15. The second kappa shape index (κ2) is 5.54. The lowest BCUT2D eigenvalue weighted by Crippen LogP contribution is -2.46. The van der Waals surface area contributed by atoms with Gasteiger partial charge >= 0.3 is 0 Å². The second-order valence-corrected chi connectivity index (χ2v) is 6.36. The van der Waals surface area contributed by atoms with Crippen molar-refractivity contribution < 1.29 is 14.6 Å². The van der Waals surface area contributed by atoms with Crippen molar-refractivity contribution in [2.45, 2.75) is 44.8 Å². The summed E-state index contributed by atoms with van der Waals surface area (Å²) >= 11 is 0. The molecule has 112 valence electrons. The van der Waals surface area contributed by atoms with Crippen LogP contribution in [0.5, 0.6) is 0 Å². The first kappa shape index (κ1) is 15.0. The van der Waals surface area contributed by atoms with Gasteiger partial charge in [-0.25, -0.2) is 0 Å². The first-order valence-electron chi connectivity index (χ1n) is 6.94. The van der Waals surface area contributed by atoms with E-state index < -0.39 is 5.60 Å². The Morgan fingerprint density at radius 1 is 1.50 bits per heavy atom. The molecule has 0 spiro atoms. The number of hydrogen-bond donors (Lipinski definition) is 2. The van der Waals surface area contributed by atoms with E-state index in [0.29, 0.717) is 31.6 Å². The molecule has 0 atom stereocenters. The Morgan fingerprint density at radius 3 is 2.70 bits per heavy atom. The molecule has 1 fully saturated rings. The third-order valence-corrected chi connectivity index (χ3v) is 3.53. The molecule has 1 saturated heterocycles. The highest BCUT2D eigenvalue weighted by molar-refractivity contribution is 5.93. The molecule has 0 aliphatic carbocycles. The van der Waals surface area contributed by atoms with Gasteiger partial charge in [0.05, 0.1) is 22.9 Å². The van der Waals surface area contributed by atoms with Crippen LogP contribution in [0, 0.1) is 0 Å². The van der Waals surface area contributed by atoms with Crippen LogP contribution >= 0.6 is 0 Å². The van der Waals surface area contributed by atoms with Crippen molar-refractivity contribution in [3.05, 3.63) is 18.0 Å². The Hall–Kier alpha value is -1.40. The maximum Gasteiger partial charge on any atom is 0.254 e. The largest absolute Gasteiger partial charge is 0.388 e. The highest BCUT2D eigenvalue weighted by Crippen LogP contribution is 2.19. The van der Waals surface area contributed by atoms with E-state index in [-0.39, 0.29) is 18.0 Å². The molecule has 2 N–H and O–H groups in total. The second-order valence-electron chi connectivity index (χ2n) is 6.36. The van der Waals surface area contributed by atoms with E-state index in [1.165, 1.54) is 0 Å². The number of aliphatic hydroxyl groups is 1. The molecule has 0 bridgehead atoms. The van der Waals surface area contributed by atoms with Gasteiger partial charge < -0.3 is 15.2 Å². The van der Waals surface area contributed by atoms with Crippen molar-refractivity contribution in [3.63, 3.8) is 0 Å². The molecular formula is C14H23N3O3. The summed E-state index contributed by atoms with van der Waals surface area (Å²) in [6.07, 6.45) is 4.38. The minimum Gasteiger partial charge on any atom is -0.388 e. The summed E-state index contributed by atoms with van der Waals surface area (Å²) in [5.74, 6) is -0.208. The number of rotatable bonds is 3. The zero-order valence-corrected chi connectivity index (χ0v) is 12.3. The number of carbonyl (C=O) groups excluding carboxylic acids is 1. The van der Waals surface area contributed by atoms with Crippen LogP contribution in [0.4, 0.5) is 0 Å². The molecule has 2 rings (SSSR count).